The summed E-state index contributed by atoms with van der Waals surface area (Å²) >= 11 is 0. The maximum atomic E-state index is 12.4. The molecule has 1 saturated carbocycles. The van der Waals surface area contributed by atoms with Gasteiger partial charge in [-0.05, 0) is 68.0 Å². The molecule has 166 valence electrons. The normalized spacial score (nSPS) is 16.6. The van der Waals surface area contributed by atoms with Crippen LogP contribution < -0.4 is 10.2 Å². The number of rotatable bonds is 6. The number of carbonyl (C=O) groups is 1. The Bertz CT molecular complexity index is 1170. The predicted octanol–water partition coefficient (Wildman–Crippen LogP) is 4.51. The number of nitrogens with zero attached hydrogens (tertiary/aromatic N) is 4. The van der Waals surface area contributed by atoms with Gasteiger partial charge in [-0.15, -0.1) is 0 Å². The lowest BCUT2D eigenvalue weighted by Gasteiger charge is -2.28. The maximum Gasteiger partial charge on any atom is 0.252 e. The van der Waals surface area contributed by atoms with E-state index in [9.17, 15) is 4.79 Å². The van der Waals surface area contributed by atoms with Crippen LogP contribution in [0.2, 0.25) is 0 Å². The minimum atomic E-state index is -0.663. The molecule has 1 aliphatic heterocycles. The van der Waals surface area contributed by atoms with Crippen molar-refractivity contribution in [3.05, 3.63) is 77.7 Å². The second-order valence-corrected chi connectivity index (χ2v) is 8.97. The molecule has 1 saturated heterocycles. The third kappa shape index (κ3) is 4.88. The first-order valence-electron chi connectivity index (χ1n) is 11.6. The summed E-state index contributed by atoms with van der Waals surface area (Å²) in [7, 11) is 0. The van der Waals surface area contributed by atoms with Crippen LogP contribution in [0.1, 0.15) is 53.8 Å². The van der Waals surface area contributed by atoms with Gasteiger partial charge in [0.05, 0.1) is 11.8 Å². The van der Waals surface area contributed by atoms with E-state index in [2.05, 4.69) is 45.5 Å². The Morgan fingerprint density at radius 1 is 1.00 bits per heavy atom. The van der Waals surface area contributed by atoms with Crippen molar-refractivity contribution >= 4 is 11.6 Å². The Kier molecular flexibility index (Phi) is 5.78. The highest BCUT2D eigenvalue weighted by Crippen LogP contribution is 2.34. The predicted molar refractivity (Wildman–Crippen MR) is 128 cm³/mol. The standard InChI is InChI=1S/C27H27N5O/c28-19-27(13-14-27)31-26(33)22-8-6-21(7-9-22)24-12-15-29-25(30-24)18-20-4-10-23(11-5-20)32-16-2-1-3-17-32/h4-12,15H,1-3,13-14,16-18H2,(H,31,33). The zero-order valence-corrected chi connectivity index (χ0v) is 18.6. The fourth-order valence-corrected chi connectivity index (χ4v) is 4.28. The summed E-state index contributed by atoms with van der Waals surface area (Å²) in [5.74, 6) is 0.557. The molecule has 1 amide bonds. The molecule has 0 radical (unpaired) electrons. The van der Waals surface area contributed by atoms with E-state index in [1.807, 2.05) is 18.2 Å². The third-order valence-electron chi connectivity index (χ3n) is 6.48. The molecule has 33 heavy (non-hydrogen) atoms. The molecule has 6 nitrogen and oxygen atoms in total. The summed E-state index contributed by atoms with van der Waals surface area (Å²) < 4.78 is 0. The zero-order chi connectivity index (χ0) is 22.7. The highest BCUT2D eigenvalue weighted by molar-refractivity contribution is 5.95. The van der Waals surface area contributed by atoms with Gasteiger partial charge in [0, 0.05) is 42.5 Å². The fourth-order valence-electron chi connectivity index (χ4n) is 4.28. The lowest BCUT2D eigenvalue weighted by molar-refractivity contribution is 0.0941. The van der Waals surface area contributed by atoms with Gasteiger partial charge in [0.25, 0.3) is 5.91 Å². The second-order valence-electron chi connectivity index (χ2n) is 8.97. The number of nitriles is 1. The van der Waals surface area contributed by atoms with E-state index in [4.69, 9.17) is 10.2 Å². The first-order chi connectivity index (χ1) is 16.1. The van der Waals surface area contributed by atoms with E-state index >= 15 is 0 Å². The number of hydrogen-bond donors (Lipinski definition) is 1. The Morgan fingerprint density at radius 3 is 2.39 bits per heavy atom. The first kappa shape index (κ1) is 21.1. The molecular formula is C27H27N5O. The SMILES string of the molecule is N#CC1(NC(=O)c2ccc(-c3ccnc(Cc4ccc(N5CCCCC5)cc4)n3)cc2)CC1. The average Bonchev–Trinajstić information content (AvgIpc) is 3.65. The maximum absolute atomic E-state index is 12.4. The van der Waals surface area contributed by atoms with Crippen molar-refractivity contribution in [2.45, 2.75) is 44.1 Å². The number of carbonyl (C=O) groups excluding carboxylic acids is 1. The number of aromatic nitrogens is 2. The topological polar surface area (TPSA) is 81.9 Å². The summed E-state index contributed by atoms with van der Waals surface area (Å²) in [4.78, 5) is 24.1. The van der Waals surface area contributed by atoms with Crippen molar-refractivity contribution in [3.63, 3.8) is 0 Å². The molecule has 1 aliphatic carbocycles. The summed E-state index contributed by atoms with van der Waals surface area (Å²) in [6.07, 6.45) is 7.77. The largest absolute Gasteiger partial charge is 0.372 e. The molecule has 1 aromatic heterocycles. The van der Waals surface area contributed by atoms with E-state index in [0.717, 1.165) is 43.0 Å². The van der Waals surface area contributed by atoms with Gasteiger partial charge in [-0.2, -0.15) is 5.26 Å². The van der Waals surface area contributed by atoms with Gasteiger partial charge in [-0.1, -0.05) is 24.3 Å². The van der Waals surface area contributed by atoms with Crippen LogP contribution in [-0.4, -0.2) is 34.5 Å². The molecule has 0 atom stereocenters. The van der Waals surface area contributed by atoms with Gasteiger partial charge >= 0.3 is 0 Å². The monoisotopic (exact) mass is 437 g/mol. The fraction of sp³-hybridized carbons (Fsp3) is 0.333. The number of piperidine rings is 1. The molecule has 6 heteroatoms. The van der Waals surface area contributed by atoms with Crippen molar-refractivity contribution in [2.75, 3.05) is 18.0 Å². The second kappa shape index (κ2) is 9.03. The zero-order valence-electron chi connectivity index (χ0n) is 18.6. The Hall–Kier alpha value is -3.72. The van der Waals surface area contributed by atoms with Crippen LogP contribution >= 0.6 is 0 Å². The van der Waals surface area contributed by atoms with E-state index in [0.29, 0.717) is 12.0 Å². The van der Waals surface area contributed by atoms with Crippen LogP contribution in [-0.2, 0) is 6.42 Å². The van der Waals surface area contributed by atoms with Crippen molar-refractivity contribution in [1.82, 2.24) is 15.3 Å². The molecule has 0 unspecified atom stereocenters. The number of hydrogen-bond acceptors (Lipinski definition) is 5. The van der Waals surface area contributed by atoms with E-state index in [-0.39, 0.29) is 5.91 Å². The van der Waals surface area contributed by atoms with Crippen molar-refractivity contribution in [2.24, 2.45) is 0 Å². The van der Waals surface area contributed by atoms with Crippen molar-refractivity contribution < 1.29 is 4.79 Å². The third-order valence-corrected chi connectivity index (χ3v) is 6.48. The lowest BCUT2D eigenvalue weighted by Crippen LogP contribution is -2.35. The quantitative estimate of drug-likeness (QED) is 0.614. The molecule has 2 heterocycles. The summed E-state index contributed by atoms with van der Waals surface area (Å²) in [6.45, 7) is 2.29. The van der Waals surface area contributed by atoms with E-state index in [1.54, 1.807) is 18.3 Å². The van der Waals surface area contributed by atoms with Crippen LogP contribution in [0.15, 0.2) is 60.8 Å². The van der Waals surface area contributed by atoms with Crippen molar-refractivity contribution in [3.8, 4) is 17.3 Å². The van der Waals surface area contributed by atoms with E-state index in [1.165, 1.54) is 30.5 Å². The van der Waals surface area contributed by atoms with Gasteiger partial charge in [0.1, 0.15) is 11.4 Å². The minimum absolute atomic E-state index is 0.211. The molecule has 2 aromatic carbocycles. The number of nitrogens with one attached hydrogen (secondary N) is 1. The Labute approximate surface area is 194 Å². The van der Waals surface area contributed by atoms with Gasteiger partial charge in [-0.3, -0.25) is 4.79 Å². The van der Waals surface area contributed by atoms with Gasteiger partial charge in [-0.25, -0.2) is 9.97 Å². The highest BCUT2D eigenvalue weighted by atomic mass is 16.1. The Balaban J connectivity index is 1.25. The molecular weight excluding hydrogens is 410 g/mol. The number of benzene rings is 2. The van der Waals surface area contributed by atoms with E-state index < -0.39 is 5.54 Å². The van der Waals surface area contributed by atoms with Gasteiger partial charge in [0.2, 0.25) is 0 Å². The van der Waals surface area contributed by atoms with Gasteiger partial charge < -0.3 is 10.2 Å². The number of anilines is 1. The summed E-state index contributed by atoms with van der Waals surface area (Å²) in [5, 5.41) is 12.0. The van der Waals surface area contributed by atoms with Crippen LogP contribution in [0.4, 0.5) is 5.69 Å². The van der Waals surface area contributed by atoms with Crippen LogP contribution in [0.5, 0.6) is 0 Å². The summed E-state index contributed by atoms with van der Waals surface area (Å²) in [6, 6.07) is 20.1. The van der Waals surface area contributed by atoms with Crippen LogP contribution in [0.3, 0.4) is 0 Å². The molecule has 3 aromatic rings. The van der Waals surface area contributed by atoms with Crippen LogP contribution in [0, 0.1) is 11.3 Å². The molecule has 5 rings (SSSR count). The average molecular weight is 438 g/mol. The lowest BCUT2D eigenvalue weighted by atomic mass is 10.1. The highest BCUT2D eigenvalue weighted by Gasteiger charge is 2.44. The molecule has 0 bridgehead atoms. The van der Waals surface area contributed by atoms with Gasteiger partial charge in [0.15, 0.2) is 0 Å². The smallest absolute Gasteiger partial charge is 0.252 e. The molecule has 1 N–H and O–H groups in total. The number of amides is 1. The molecule has 2 fully saturated rings. The van der Waals surface area contributed by atoms with Crippen molar-refractivity contribution in [1.29, 1.82) is 5.26 Å². The Morgan fingerprint density at radius 2 is 1.73 bits per heavy atom. The van der Waals surface area contributed by atoms with Crippen LogP contribution in [0.25, 0.3) is 11.3 Å². The molecule has 2 aliphatic rings. The summed E-state index contributed by atoms with van der Waals surface area (Å²) in [5.41, 5.74) is 4.11. The first-order valence-corrected chi connectivity index (χ1v) is 11.6. The minimum Gasteiger partial charge on any atom is -0.372 e. The molecule has 0 spiro atoms.